The zero-order valence-electron chi connectivity index (χ0n) is 20.1. The molecule has 34 heavy (non-hydrogen) atoms. The van der Waals surface area contributed by atoms with Gasteiger partial charge in [0.15, 0.2) is 0 Å². The second-order valence-corrected chi connectivity index (χ2v) is 9.07. The first-order chi connectivity index (χ1) is 16.5. The first kappa shape index (κ1) is 26.1. The number of hydrogen-bond acceptors (Lipinski definition) is 5. The number of para-hydroxylation sites is 1. The van der Waals surface area contributed by atoms with Crippen molar-refractivity contribution in [3.63, 3.8) is 0 Å². The van der Waals surface area contributed by atoms with E-state index in [-0.39, 0.29) is 17.9 Å². The van der Waals surface area contributed by atoms with E-state index in [1.807, 2.05) is 68.4 Å². The Bertz CT molecular complexity index is 912. The van der Waals surface area contributed by atoms with E-state index in [1.165, 1.54) is 0 Å². The number of benzene rings is 2. The standard InChI is InChI=1S/C27H36N2O4S/c1-3-32-22-12-10-20(11-13-22)18-24(25(30)28-21-8-6-5-7-9-21)29-26(31)27(19-34)16-14-23(15-17-27)33-4-2/h5-13,23-24,34H,3-4,14-19H2,1-2H3,(H,28,30)(H,29,31)/t23?,24-,27?/m0/s1. The Balaban J connectivity index is 1.75. The molecule has 0 saturated heterocycles. The average molecular weight is 485 g/mol. The molecule has 1 aliphatic carbocycles. The van der Waals surface area contributed by atoms with Crippen LogP contribution in [0.25, 0.3) is 0 Å². The molecule has 1 atom stereocenters. The molecular weight excluding hydrogens is 448 g/mol. The normalized spacial score (nSPS) is 20.9. The van der Waals surface area contributed by atoms with Gasteiger partial charge in [0.05, 0.1) is 18.1 Å². The van der Waals surface area contributed by atoms with Crippen molar-refractivity contribution in [2.75, 3.05) is 24.3 Å². The molecule has 2 aromatic carbocycles. The molecule has 0 spiro atoms. The third-order valence-corrected chi connectivity index (χ3v) is 7.02. The van der Waals surface area contributed by atoms with Gasteiger partial charge >= 0.3 is 0 Å². The highest BCUT2D eigenvalue weighted by atomic mass is 32.1. The van der Waals surface area contributed by atoms with Crippen LogP contribution in [-0.2, 0) is 20.7 Å². The molecule has 1 saturated carbocycles. The molecule has 0 heterocycles. The van der Waals surface area contributed by atoms with Gasteiger partial charge in [-0.1, -0.05) is 30.3 Å². The summed E-state index contributed by atoms with van der Waals surface area (Å²) in [6.07, 6.45) is 3.60. The van der Waals surface area contributed by atoms with E-state index in [0.29, 0.717) is 43.9 Å². The van der Waals surface area contributed by atoms with Crippen LogP contribution in [0.1, 0.15) is 45.1 Å². The van der Waals surface area contributed by atoms with Crippen LogP contribution in [0.5, 0.6) is 5.75 Å². The van der Waals surface area contributed by atoms with Crippen molar-refractivity contribution in [3.8, 4) is 5.75 Å². The van der Waals surface area contributed by atoms with E-state index < -0.39 is 11.5 Å². The predicted octanol–water partition coefficient (Wildman–Crippen LogP) is 4.65. The predicted molar refractivity (Wildman–Crippen MR) is 138 cm³/mol. The highest BCUT2D eigenvalue weighted by molar-refractivity contribution is 7.80. The number of amides is 2. The van der Waals surface area contributed by atoms with Gasteiger partial charge in [0.25, 0.3) is 0 Å². The summed E-state index contributed by atoms with van der Waals surface area (Å²) in [4.78, 5) is 26.8. The molecule has 6 nitrogen and oxygen atoms in total. The number of ether oxygens (including phenoxy) is 2. The maximum absolute atomic E-state index is 13.5. The summed E-state index contributed by atoms with van der Waals surface area (Å²) in [5.74, 6) is 0.858. The van der Waals surface area contributed by atoms with E-state index >= 15 is 0 Å². The van der Waals surface area contributed by atoms with Gasteiger partial charge in [-0.25, -0.2) is 0 Å². The highest BCUT2D eigenvalue weighted by Crippen LogP contribution is 2.39. The molecule has 7 heteroatoms. The van der Waals surface area contributed by atoms with E-state index in [9.17, 15) is 9.59 Å². The first-order valence-corrected chi connectivity index (χ1v) is 12.7. The van der Waals surface area contributed by atoms with Crippen molar-refractivity contribution in [2.24, 2.45) is 5.41 Å². The molecule has 0 radical (unpaired) electrons. The second-order valence-electron chi connectivity index (χ2n) is 8.76. The summed E-state index contributed by atoms with van der Waals surface area (Å²) in [5.41, 5.74) is 1.04. The van der Waals surface area contributed by atoms with Crippen LogP contribution in [0, 0.1) is 5.41 Å². The highest BCUT2D eigenvalue weighted by Gasteiger charge is 2.42. The fourth-order valence-electron chi connectivity index (χ4n) is 4.40. The average Bonchev–Trinajstić information content (AvgIpc) is 2.86. The van der Waals surface area contributed by atoms with Crippen LogP contribution in [-0.4, -0.2) is 42.9 Å². The zero-order valence-corrected chi connectivity index (χ0v) is 21.0. The van der Waals surface area contributed by atoms with Gasteiger partial charge in [0, 0.05) is 24.5 Å². The molecule has 0 aliphatic heterocycles. The largest absolute Gasteiger partial charge is 0.494 e. The molecule has 2 amide bonds. The summed E-state index contributed by atoms with van der Waals surface area (Å²) in [7, 11) is 0. The Labute approximate surface area is 208 Å². The molecular formula is C27H36N2O4S. The number of anilines is 1. The van der Waals surface area contributed by atoms with Crippen LogP contribution >= 0.6 is 12.6 Å². The van der Waals surface area contributed by atoms with Crippen LogP contribution < -0.4 is 15.4 Å². The monoisotopic (exact) mass is 484 g/mol. The van der Waals surface area contributed by atoms with E-state index in [2.05, 4.69) is 23.3 Å². The molecule has 3 rings (SSSR count). The smallest absolute Gasteiger partial charge is 0.247 e. The van der Waals surface area contributed by atoms with Crippen molar-refractivity contribution in [2.45, 2.75) is 58.1 Å². The number of nitrogens with one attached hydrogen (secondary N) is 2. The Hall–Kier alpha value is -2.51. The van der Waals surface area contributed by atoms with Crippen LogP contribution in [0.4, 0.5) is 5.69 Å². The van der Waals surface area contributed by atoms with Crippen LogP contribution in [0.2, 0.25) is 0 Å². The maximum Gasteiger partial charge on any atom is 0.247 e. The van der Waals surface area contributed by atoms with E-state index in [4.69, 9.17) is 9.47 Å². The molecule has 0 unspecified atom stereocenters. The van der Waals surface area contributed by atoms with Crippen molar-refractivity contribution in [1.29, 1.82) is 0 Å². The number of carbonyl (C=O) groups is 2. The first-order valence-electron chi connectivity index (χ1n) is 12.1. The molecule has 1 fully saturated rings. The molecule has 0 bridgehead atoms. The quantitative estimate of drug-likeness (QED) is 0.406. The lowest BCUT2D eigenvalue weighted by molar-refractivity contribution is -0.136. The van der Waals surface area contributed by atoms with Gasteiger partial charge in [-0.15, -0.1) is 0 Å². The third kappa shape index (κ3) is 7.00. The molecule has 1 aliphatic rings. The van der Waals surface area contributed by atoms with Crippen molar-refractivity contribution < 1.29 is 19.1 Å². The molecule has 0 aromatic heterocycles. The summed E-state index contributed by atoms with van der Waals surface area (Å²) in [5, 5.41) is 6.00. The topological polar surface area (TPSA) is 76.7 Å². The Morgan fingerprint density at radius 1 is 1.03 bits per heavy atom. The number of thiol groups is 1. The number of hydrogen-bond donors (Lipinski definition) is 3. The minimum atomic E-state index is -0.716. The van der Waals surface area contributed by atoms with E-state index in [1.54, 1.807) is 0 Å². The van der Waals surface area contributed by atoms with Gasteiger partial charge in [-0.3, -0.25) is 9.59 Å². The van der Waals surface area contributed by atoms with Gasteiger partial charge in [-0.2, -0.15) is 12.6 Å². The summed E-state index contributed by atoms with van der Waals surface area (Å²) in [6, 6.07) is 16.2. The van der Waals surface area contributed by atoms with Crippen molar-refractivity contribution >= 4 is 30.1 Å². The minimum absolute atomic E-state index is 0.114. The number of rotatable bonds is 11. The minimum Gasteiger partial charge on any atom is -0.494 e. The maximum atomic E-state index is 13.5. The fourth-order valence-corrected chi connectivity index (χ4v) is 4.86. The third-order valence-electron chi connectivity index (χ3n) is 6.41. The number of carbonyl (C=O) groups excluding carboxylic acids is 2. The summed E-state index contributed by atoms with van der Waals surface area (Å²) < 4.78 is 11.3. The van der Waals surface area contributed by atoms with Gasteiger partial charge in [-0.05, 0) is 69.4 Å². The summed E-state index contributed by atoms with van der Waals surface area (Å²) >= 11 is 4.54. The molecule has 184 valence electrons. The lowest BCUT2D eigenvalue weighted by atomic mass is 9.73. The van der Waals surface area contributed by atoms with Crippen LogP contribution in [0.3, 0.4) is 0 Å². The Morgan fingerprint density at radius 3 is 2.29 bits per heavy atom. The van der Waals surface area contributed by atoms with Gasteiger partial charge < -0.3 is 20.1 Å². The van der Waals surface area contributed by atoms with Gasteiger partial charge in [0.1, 0.15) is 11.8 Å². The van der Waals surface area contributed by atoms with Crippen LogP contribution in [0.15, 0.2) is 54.6 Å². The lowest BCUT2D eigenvalue weighted by Gasteiger charge is -2.38. The van der Waals surface area contributed by atoms with Crippen molar-refractivity contribution in [3.05, 3.63) is 60.2 Å². The zero-order chi connectivity index (χ0) is 24.4. The Morgan fingerprint density at radius 2 is 1.71 bits per heavy atom. The molecule has 2 N–H and O–H groups in total. The molecule has 2 aromatic rings. The Kier molecular flexibility index (Phi) is 9.84. The summed E-state index contributed by atoms with van der Waals surface area (Å²) in [6.45, 7) is 5.19. The van der Waals surface area contributed by atoms with E-state index in [0.717, 1.165) is 24.2 Å². The van der Waals surface area contributed by atoms with Crippen molar-refractivity contribution in [1.82, 2.24) is 5.32 Å². The fraction of sp³-hybridized carbons (Fsp3) is 0.481. The SMILES string of the molecule is CCOc1ccc(C[C@H](NC(=O)C2(CS)CCC(OCC)CC2)C(=O)Nc2ccccc2)cc1. The lowest BCUT2D eigenvalue weighted by Crippen LogP contribution is -2.53. The van der Waals surface area contributed by atoms with Gasteiger partial charge in [0.2, 0.25) is 11.8 Å². The second kappa shape index (κ2) is 12.8.